The third kappa shape index (κ3) is 3.40. The molecular formula is C25H21N3O3S. The molecule has 6 nitrogen and oxygen atoms in total. The highest BCUT2D eigenvalue weighted by Crippen LogP contribution is 2.42. The number of benzene rings is 2. The van der Waals surface area contributed by atoms with E-state index in [1.165, 1.54) is 16.2 Å². The Labute approximate surface area is 188 Å². The molecule has 160 valence electrons. The number of amides is 1. The van der Waals surface area contributed by atoms with Crippen LogP contribution >= 0.6 is 11.3 Å². The predicted octanol–water partition coefficient (Wildman–Crippen LogP) is 4.90. The first-order valence-corrected chi connectivity index (χ1v) is 11.2. The molecule has 2 aromatic carbocycles. The van der Waals surface area contributed by atoms with E-state index in [2.05, 4.69) is 0 Å². The molecule has 1 aliphatic rings. The van der Waals surface area contributed by atoms with Crippen LogP contribution in [0.5, 0.6) is 0 Å². The summed E-state index contributed by atoms with van der Waals surface area (Å²) in [5.74, 6) is -1.32. The van der Waals surface area contributed by atoms with Crippen LogP contribution in [0.15, 0.2) is 66.7 Å². The van der Waals surface area contributed by atoms with Crippen molar-refractivity contribution in [1.29, 1.82) is 0 Å². The number of nitrogen functional groups attached to an aromatic ring is 1. The van der Waals surface area contributed by atoms with E-state index in [1.807, 2.05) is 66.7 Å². The number of thiophene rings is 1. The largest absolute Gasteiger partial charge is 0.480 e. The highest BCUT2D eigenvalue weighted by Gasteiger charge is 2.36. The van der Waals surface area contributed by atoms with Crippen LogP contribution in [0.4, 0.5) is 5.69 Å². The van der Waals surface area contributed by atoms with Crippen molar-refractivity contribution in [2.75, 3.05) is 12.3 Å². The van der Waals surface area contributed by atoms with Gasteiger partial charge in [0, 0.05) is 17.5 Å². The molecule has 0 radical (unpaired) electrons. The van der Waals surface area contributed by atoms with Gasteiger partial charge in [-0.15, -0.1) is 11.3 Å². The Kier molecular flexibility index (Phi) is 5.11. The number of carbonyl (C=O) groups is 2. The van der Waals surface area contributed by atoms with Crippen molar-refractivity contribution in [2.24, 2.45) is 0 Å². The van der Waals surface area contributed by atoms with E-state index in [4.69, 9.17) is 10.7 Å². The molecule has 2 aromatic heterocycles. The minimum absolute atomic E-state index is 0.337. The van der Waals surface area contributed by atoms with Gasteiger partial charge in [-0.2, -0.15) is 0 Å². The number of carboxylic acid groups (broad SMARTS) is 1. The van der Waals surface area contributed by atoms with Crippen LogP contribution in [0.3, 0.4) is 0 Å². The first-order chi connectivity index (χ1) is 15.5. The zero-order valence-electron chi connectivity index (χ0n) is 17.2. The molecule has 1 atom stereocenters. The summed E-state index contributed by atoms with van der Waals surface area (Å²) >= 11 is 1.23. The summed E-state index contributed by atoms with van der Waals surface area (Å²) in [6, 6.07) is 20.9. The van der Waals surface area contributed by atoms with Gasteiger partial charge in [0.15, 0.2) is 0 Å². The van der Waals surface area contributed by atoms with Crippen LogP contribution in [0.2, 0.25) is 0 Å². The molecule has 0 bridgehead atoms. The number of hydrogen-bond acceptors (Lipinski definition) is 5. The maximum absolute atomic E-state index is 13.3. The summed E-state index contributed by atoms with van der Waals surface area (Å²) in [5.41, 5.74) is 10.5. The second-order valence-electron chi connectivity index (χ2n) is 7.81. The molecule has 0 saturated carbocycles. The summed E-state index contributed by atoms with van der Waals surface area (Å²) in [6.45, 7) is 0.414. The van der Waals surface area contributed by atoms with E-state index in [0.717, 1.165) is 27.8 Å². The molecule has 0 spiro atoms. The van der Waals surface area contributed by atoms with Gasteiger partial charge in [0.05, 0.1) is 11.4 Å². The molecular weight excluding hydrogens is 422 g/mol. The summed E-state index contributed by atoms with van der Waals surface area (Å²) in [5, 5.41) is 10.2. The van der Waals surface area contributed by atoms with Crippen LogP contribution in [0.1, 0.15) is 22.5 Å². The molecule has 32 heavy (non-hydrogen) atoms. The molecule has 1 amide bonds. The van der Waals surface area contributed by atoms with E-state index < -0.39 is 12.0 Å². The Hall–Kier alpha value is -3.71. The van der Waals surface area contributed by atoms with E-state index in [0.29, 0.717) is 34.8 Å². The number of carbonyl (C=O) groups excluding carboxylic acids is 1. The average Bonchev–Trinajstić information content (AvgIpc) is 3.45. The van der Waals surface area contributed by atoms with Crippen LogP contribution in [0.25, 0.3) is 32.6 Å². The number of nitrogens with two attached hydrogens (primary N) is 1. The van der Waals surface area contributed by atoms with E-state index in [9.17, 15) is 14.7 Å². The van der Waals surface area contributed by atoms with Crippen molar-refractivity contribution >= 4 is 39.1 Å². The van der Waals surface area contributed by atoms with Gasteiger partial charge in [-0.05, 0) is 30.0 Å². The number of aliphatic carboxylic acids is 1. The first kappa shape index (κ1) is 20.2. The third-order valence-corrected chi connectivity index (χ3v) is 6.93. The predicted molar refractivity (Wildman–Crippen MR) is 127 cm³/mol. The summed E-state index contributed by atoms with van der Waals surface area (Å²) in [4.78, 5) is 32.2. The Bertz CT molecular complexity index is 1320. The third-order valence-electron chi connectivity index (χ3n) is 5.85. The van der Waals surface area contributed by atoms with Crippen molar-refractivity contribution in [3.05, 3.63) is 71.6 Å². The number of hydrogen-bond donors (Lipinski definition) is 2. The smallest absolute Gasteiger partial charge is 0.326 e. The van der Waals surface area contributed by atoms with Crippen LogP contribution in [-0.4, -0.2) is 39.5 Å². The lowest BCUT2D eigenvalue weighted by molar-refractivity contribution is -0.141. The number of likely N-dealkylation sites (tertiary alicyclic amines) is 1. The quantitative estimate of drug-likeness (QED) is 0.468. The lowest BCUT2D eigenvalue weighted by atomic mass is 9.99. The SMILES string of the molecule is Nc1c(C(=O)N2CCCC2C(=O)O)sc2nc(-c3ccccc3)cc(-c3ccccc3)c12. The lowest BCUT2D eigenvalue weighted by Gasteiger charge is -2.20. The highest BCUT2D eigenvalue weighted by atomic mass is 32.1. The summed E-state index contributed by atoms with van der Waals surface area (Å²) in [7, 11) is 0. The van der Waals surface area contributed by atoms with Crippen molar-refractivity contribution in [2.45, 2.75) is 18.9 Å². The first-order valence-electron chi connectivity index (χ1n) is 10.4. The molecule has 1 fully saturated rings. The number of aromatic nitrogens is 1. The maximum atomic E-state index is 13.3. The van der Waals surface area contributed by atoms with E-state index >= 15 is 0 Å². The minimum atomic E-state index is -0.981. The molecule has 5 rings (SSSR count). The molecule has 7 heteroatoms. The van der Waals surface area contributed by atoms with Gasteiger partial charge < -0.3 is 15.7 Å². The number of anilines is 1. The van der Waals surface area contributed by atoms with Gasteiger partial charge in [-0.1, -0.05) is 60.7 Å². The summed E-state index contributed by atoms with van der Waals surface area (Å²) in [6.07, 6.45) is 1.12. The van der Waals surface area contributed by atoms with Gasteiger partial charge >= 0.3 is 5.97 Å². The molecule has 1 unspecified atom stereocenters. The Morgan fingerprint density at radius 3 is 2.34 bits per heavy atom. The molecule has 3 N–H and O–H groups in total. The fourth-order valence-corrected chi connectivity index (χ4v) is 5.35. The molecule has 3 heterocycles. The monoisotopic (exact) mass is 443 g/mol. The number of rotatable bonds is 4. The summed E-state index contributed by atoms with van der Waals surface area (Å²) < 4.78 is 0. The van der Waals surface area contributed by atoms with Gasteiger partial charge in [-0.3, -0.25) is 4.79 Å². The molecule has 1 aliphatic heterocycles. The van der Waals surface area contributed by atoms with E-state index in [-0.39, 0.29) is 5.91 Å². The Morgan fingerprint density at radius 1 is 1.03 bits per heavy atom. The van der Waals surface area contributed by atoms with Crippen molar-refractivity contribution < 1.29 is 14.7 Å². The zero-order chi connectivity index (χ0) is 22.2. The van der Waals surface area contributed by atoms with Gasteiger partial charge in [0.25, 0.3) is 5.91 Å². The average molecular weight is 444 g/mol. The normalized spacial score (nSPS) is 15.9. The second-order valence-corrected chi connectivity index (χ2v) is 8.81. The van der Waals surface area contributed by atoms with E-state index in [1.54, 1.807) is 0 Å². The van der Waals surface area contributed by atoms with Crippen molar-refractivity contribution in [3.63, 3.8) is 0 Å². The lowest BCUT2D eigenvalue weighted by Crippen LogP contribution is -2.40. The number of fused-ring (bicyclic) bond motifs is 1. The highest BCUT2D eigenvalue weighted by molar-refractivity contribution is 7.21. The molecule has 4 aromatic rings. The van der Waals surface area contributed by atoms with Crippen molar-refractivity contribution in [1.82, 2.24) is 9.88 Å². The standard InChI is InChI=1S/C25H21N3O3S/c26-21-20-17(15-8-3-1-4-9-15)14-18(16-10-5-2-6-11-16)27-23(20)32-22(21)24(29)28-13-7-12-19(28)25(30)31/h1-6,8-11,14,19H,7,12-13,26H2,(H,30,31). The van der Waals surface area contributed by atoms with Gasteiger partial charge in [0.1, 0.15) is 15.7 Å². The van der Waals surface area contributed by atoms with Crippen LogP contribution < -0.4 is 5.73 Å². The van der Waals surface area contributed by atoms with Gasteiger partial charge in [-0.25, -0.2) is 9.78 Å². The van der Waals surface area contributed by atoms with Gasteiger partial charge in [0.2, 0.25) is 0 Å². The number of nitrogens with zero attached hydrogens (tertiary/aromatic N) is 2. The Morgan fingerprint density at radius 2 is 1.69 bits per heavy atom. The molecule has 0 aliphatic carbocycles. The molecule has 1 saturated heterocycles. The van der Waals surface area contributed by atoms with Crippen LogP contribution in [-0.2, 0) is 4.79 Å². The van der Waals surface area contributed by atoms with Crippen LogP contribution in [0, 0.1) is 0 Å². The topological polar surface area (TPSA) is 96.5 Å². The fraction of sp³-hybridized carbons (Fsp3) is 0.160. The zero-order valence-corrected chi connectivity index (χ0v) is 18.0. The minimum Gasteiger partial charge on any atom is -0.480 e. The van der Waals surface area contributed by atoms with Crippen molar-refractivity contribution in [3.8, 4) is 22.4 Å². The fourth-order valence-electron chi connectivity index (χ4n) is 4.28. The number of pyridine rings is 1. The Balaban J connectivity index is 1.70. The maximum Gasteiger partial charge on any atom is 0.326 e. The number of carboxylic acids is 1. The second kappa shape index (κ2) is 8.09.